The molecule has 0 saturated heterocycles. The van der Waals surface area contributed by atoms with E-state index in [1.165, 1.54) is 83.1 Å². The molecule has 3 nitrogen and oxygen atoms in total. The second-order valence-electron chi connectivity index (χ2n) is 6.27. The summed E-state index contributed by atoms with van der Waals surface area (Å²) in [4.78, 5) is 0. The molecule has 1 N–H and O–H groups in total. The summed E-state index contributed by atoms with van der Waals surface area (Å²) < 4.78 is 29.4. The van der Waals surface area contributed by atoms with Crippen LogP contribution in [0.4, 0.5) is 0 Å². The summed E-state index contributed by atoms with van der Waals surface area (Å²) >= 11 is 0. The molecule has 0 bridgehead atoms. The first kappa shape index (κ1) is 25.9. The molecule has 0 aliphatic heterocycles. The molecule has 0 aliphatic carbocycles. The molecule has 0 unspecified atom stereocenters. The van der Waals surface area contributed by atoms with Gasteiger partial charge in [0.1, 0.15) is 0 Å². The quantitative estimate of drug-likeness (QED) is 0.222. The number of unbranched alkanes of at least 4 members (excludes halogenated alkanes) is 14. The van der Waals surface area contributed by atoms with E-state index >= 15 is 0 Å². The van der Waals surface area contributed by atoms with Gasteiger partial charge < -0.3 is 0 Å². The molecule has 0 aromatic carbocycles. The molecule has 0 spiro atoms. The molecular formula is C18H37NaO3S. The molecule has 0 heterocycles. The Bertz CT molecular complexity index is 353. The van der Waals surface area contributed by atoms with Crippen LogP contribution in [0.25, 0.3) is 0 Å². The molecule has 0 rings (SSSR count). The number of hydrogen-bond acceptors (Lipinski definition) is 2. The second-order valence-corrected chi connectivity index (χ2v) is 7.57. The van der Waals surface area contributed by atoms with Gasteiger partial charge in [-0.1, -0.05) is 96.5 Å². The van der Waals surface area contributed by atoms with Crippen LogP contribution in [0.1, 0.15) is 103 Å². The van der Waals surface area contributed by atoms with Crippen LogP contribution in [0.2, 0.25) is 0 Å². The minimum atomic E-state index is -3.92. The monoisotopic (exact) mass is 356 g/mol. The first-order valence-corrected chi connectivity index (χ1v) is 10.7. The van der Waals surface area contributed by atoms with Crippen molar-refractivity contribution in [2.75, 3.05) is 0 Å². The Labute approximate surface area is 166 Å². The van der Waals surface area contributed by atoms with Gasteiger partial charge in [-0.3, -0.25) is 4.55 Å². The Kier molecular flexibility index (Phi) is 21.4. The zero-order chi connectivity index (χ0) is 16.5. The average Bonchev–Trinajstić information content (AvgIpc) is 2.45. The molecule has 0 atom stereocenters. The van der Waals surface area contributed by atoms with Gasteiger partial charge >= 0.3 is 29.6 Å². The molecule has 23 heavy (non-hydrogen) atoms. The van der Waals surface area contributed by atoms with Crippen LogP contribution < -0.4 is 0 Å². The predicted octanol–water partition coefficient (Wildman–Crippen LogP) is 5.61. The van der Waals surface area contributed by atoms with E-state index in [0.717, 1.165) is 24.7 Å². The Morgan fingerprint density at radius 1 is 0.696 bits per heavy atom. The van der Waals surface area contributed by atoms with Gasteiger partial charge in [0.05, 0.1) is 5.41 Å². The van der Waals surface area contributed by atoms with E-state index in [1.54, 1.807) is 0 Å². The third-order valence-electron chi connectivity index (χ3n) is 3.99. The summed E-state index contributed by atoms with van der Waals surface area (Å²) in [6, 6.07) is 0. The van der Waals surface area contributed by atoms with E-state index < -0.39 is 10.1 Å². The van der Waals surface area contributed by atoms with Gasteiger partial charge in [-0.05, 0) is 12.8 Å². The average molecular weight is 357 g/mol. The third-order valence-corrected chi connectivity index (χ3v) is 4.53. The van der Waals surface area contributed by atoms with Gasteiger partial charge in [-0.2, -0.15) is 8.42 Å². The fraction of sp³-hybridized carbons (Fsp3) is 0.889. The van der Waals surface area contributed by atoms with E-state index in [9.17, 15) is 8.42 Å². The molecule has 0 aromatic heterocycles. The number of allylic oxidation sites excluding steroid dienone is 1. The van der Waals surface area contributed by atoms with Crippen LogP contribution in [0, 0.1) is 0 Å². The van der Waals surface area contributed by atoms with Crippen molar-refractivity contribution in [1.29, 1.82) is 0 Å². The molecule has 0 amide bonds. The van der Waals surface area contributed by atoms with Crippen LogP contribution in [0.5, 0.6) is 0 Å². The summed E-state index contributed by atoms with van der Waals surface area (Å²) in [5.74, 6) is 0. The molecular weight excluding hydrogens is 319 g/mol. The zero-order valence-electron chi connectivity index (χ0n) is 14.4. The van der Waals surface area contributed by atoms with Gasteiger partial charge in [-0.25, -0.2) is 0 Å². The van der Waals surface area contributed by atoms with Crippen molar-refractivity contribution in [1.82, 2.24) is 0 Å². The second kappa shape index (κ2) is 19.0. The predicted molar refractivity (Wildman–Crippen MR) is 103 cm³/mol. The van der Waals surface area contributed by atoms with E-state index in [0.29, 0.717) is 0 Å². The molecule has 0 aliphatic rings. The van der Waals surface area contributed by atoms with Crippen molar-refractivity contribution in [2.45, 2.75) is 103 Å². The van der Waals surface area contributed by atoms with Crippen molar-refractivity contribution in [3.05, 3.63) is 11.5 Å². The van der Waals surface area contributed by atoms with Gasteiger partial charge in [-0.15, -0.1) is 0 Å². The summed E-state index contributed by atoms with van der Waals surface area (Å²) in [7, 11) is -3.92. The Morgan fingerprint density at radius 2 is 1.04 bits per heavy atom. The van der Waals surface area contributed by atoms with Gasteiger partial charge in [0.15, 0.2) is 0 Å². The zero-order valence-corrected chi connectivity index (χ0v) is 15.2. The van der Waals surface area contributed by atoms with Crippen LogP contribution in [-0.4, -0.2) is 42.5 Å². The number of hydrogen-bond donors (Lipinski definition) is 1. The third kappa shape index (κ3) is 25.0. The van der Waals surface area contributed by atoms with Crippen molar-refractivity contribution in [2.24, 2.45) is 0 Å². The first-order valence-electron chi connectivity index (χ1n) is 9.20. The summed E-state index contributed by atoms with van der Waals surface area (Å²) in [5.41, 5.74) is 0. The normalized spacial score (nSPS) is 11.7. The maximum atomic E-state index is 10.4. The Morgan fingerprint density at radius 3 is 1.39 bits per heavy atom. The maximum absolute atomic E-state index is 10.4. The van der Waals surface area contributed by atoms with Crippen LogP contribution in [0.3, 0.4) is 0 Å². The molecule has 134 valence electrons. The summed E-state index contributed by atoms with van der Waals surface area (Å²) in [6.45, 7) is 2.26. The van der Waals surface area contributed by atoms with Crippen molar-refractivity contribution < 1.29 is 13.0 Å². The fourth-order valence-corrected chi connectivity index (χ4v) is 3.03. The standard InChI is InChI=1S/C18H36O3S.Na.H/c1-2-3-4-5-6-7-8-9-10-11-12-13-14-15-16-17-18-22(19,20)21;;/h17-18H,2-16H2,1H3,(H,19,20,21);;. The molecule has 5 heteroatoms. The molecule has 0 radical (unpaired) electrons. The van der Waals surface area contributed by atoms with Crippen LogP contribution >= 0.6 is 0 Å². The van der Waals surface area contributed by atoms with Gasteiger partial charge in [0.2, 0.25) is 0 Å². The number of rotatable bonds is 16. The Balaban J connectivity index is 0. The summed E-state index contributed by atoms with van der Waals surface area (Å²) in [5, 5.41) is 0.884. The van der Waals surface area contributed by atoms with Crippen molar-refractivity contribution in [3.63, 3.8) is 0 Å². The van der Waals surface area contributed by atoms with E-state index in [1.807, 2.05) is 0 Å². The SMILES string of the molecule is CCCCCCCCCCCCCCCCC=CS(=O)(=O)O.[NaH]. The van der Waals surface area contributed by atoms with Crippen molar-refractivity contribution >= 4 is 39.7 Å². The van der Waals surface area contributed by atoms with Crippen LogP contribution in [-0.2, 0) is 10.1 Å². The minimum absolute atomic E-state index is 0. The first-order chi connectivity index (χ1) is 10.6. The fourth-order valence-electron chi connectivity index (χ4n) is 2.65. The van der Waals surface area contributed by atoms with Crippen LogP contribution in [0.15, 0.2) is 11.5 Å². The van der Waals surface area contributed by atoms with E-state index in [4.69, 9.17) is 4.55 Å². The molecule has 0 saturated carbocycles. The van der Waals surface area contributed by atoms with Gasteiger partial charge in [0.25, 0.3) is 10.1 Å². The van der Waals surface area contributed by atoms with Crippen molar-refractivity contribution in [3.8, 4) is 0 Å². The van der Waals surface area contributed by atoms with E-state index in [-0.39, 0.29) is 29.6 Å². The van der Waals surface area contributed by atoms with E-state index in [2.05, 4.69) is 6.92 Å². The molecule has 0 fully saturated rings. The van der Waals surface area contributed by atoms with Gasteiger partial charge in [0, 0.05) is 0 Å². The molecule has 0 aromatic rings. The topological polar surface area (TPSA) is 54.4 Å². The Hall–Kier alpha value is 0.650. The summed E-state index contributed by atoms with van der Waals surface area (Å²) in [6.07, 6.45) is 20.8.